The number of rotatable bonds is 4. The number of para-hydroxylation sites is 1. The van der Waals surface area contributed by atoms with Gasteiger partial charge in [-0.05, 0) is 29.8 Å². The maximum Gasteiger partial charge on any atom is 0.255 e. The molecule has 3 heterocycles. The third kappa shape index (κ3) is 3.10. The van der Waals surface area contributed by atoms with E-state index in [0.29, 0.717) is 17.9 Å². The first-order chi connectivity index (χ1) is 12.2. The molecule has 126 valence electrons. The van der Waals surface area contributed by atoms with Crippen molar-refractivity contribution in [1.82, 2.24) is 19.7 Å². The van der Waals surface area contributed by atoms with E-state index < -0.39 is 0 Å². The largest absolute Gasteiger partial charge is 0.488 e. The summed E-state index contributed by atoms with van der Waals surface area (Å²) < 4.78 is 7.56. The highest BCUT2D eigenvalue weighted by Gasteiger charge is 2.25. The first kappa shape index (κ1) is 15.4. The van der Waals surface area contributed by atoms with Crippen LogP contribution in [0, 0.1) is 0 Å². The van der Waals surface area contributed by atoms with Gasteiger partial charge in [-0.3, -0.25) is 4.79 Å². The normalized spacial score (nSPS) is 15.5. The molecule has 1 atom stereocenters. The molecule has 1 aliphatic heterocycles. The highest BCUT2D eigenvalue weighted by molar-refractivity contribution is 5.93. The molecular weight excluding hydrogens is 316 g/mol. The van der Waals surface area contributed by atoms with Crippen LogP contribution in [-0.4, -0.2) is 45.3 Å². The molecule has 0 N–H and O–H groups in total. The molecule has 3 aromatic rings. The van der Waals surface area contributed by atoms with E-state index in [0.717, 1.165) is 12.2 Å². The van der Waals surface area contributed by atoms with Crippen LogP contribution in [0.1, 0.15) is 15.9 Å². The second-order valence-electron chi connectivity index (χ2n) is 6.09. The van der Waals surface area contributed by atoms with Gasteiger partial charge in [0, 0.05) is 32.1 Å². The van der Waals surface area contributed by atoms with Crippen molar-refractivity contribution in [2.24, 2.45) is 0 Å². The third-order valence-electron chi connectivity index (χ3n) is 4.27. The summed E-state index contributed by atoms with van der Waals surface area (Å²) in [6.07, 6.45) is 5.89. The van der Waals surface area contributed by atoms with Crippen LogP contribution in [-0.2, 0) is 6.42 Å². The fourth-order valence-corrected chi connectivity index (χ4v) is 3.02. The number of amides is 1. The number of pyridine rings is 1. The zero-order valence-corrected chi connectivity index (χ0v) is 13.9. The fourth-order valence-electron chi connectivity index (χ4n) is 3.02. The molecule has 0 saturated carbocycles. The summed E-state index contributed by atoms with van der Waals surface area (Å²) in [7, 11) is 1.79. The molecule has 0 radical (unpaired) electrons. The van der Waals surface area contributed by atoms with E-state index in [-0.39, 0.29) is 12.0 Å². The lowest BCUT2D eigenvalue weighted by molar-refractivity contribution is 0.0730. The summed E-state index contributed by atoms with van der Waals surface area (Å²) in [6.45, 7) is 0.536. The Bertz CT molecular complexity index is 850. The van der Waals surface area contributed by atoms with Gasteiger partial charge in [0.25, 0.3) is 5.91 Å². The fraction of sp³-hybridized carbons (Fsp3) is 0.211. The quantitative estimate of drug-likeness (QED) is 0.735. The number of benzene rings is 1. The minimum absolute atomic E-state index is 0.0114. The summed E-state index contributed by atoms with van der Waals surface area (Å²) in [6, 6.07) is 13.4. The van der Waals surface area contributed by atoms with Gasteiger partial charge < -0.3 is 9.64 Å². The maximum absolute atomic E-state index is 12.6. The van der Waals surface area contributed by atoms with Gasteiger partial charge in [0.15, 0.2) is 5.82 Å². The summed E-state index contributed by atoms with van der Waals surface area (Å²) in [5, 5.41) is 4.13. The van der Waals surface area contributed by atoms with Gasteiger partial charge >= 0.3 is 0 Å². The Labute approximate surface area is 145 Å². The van der Waals surface area contributed by atoms with Crippen molar-refractivity contribution in [1.29, 1.82) is 0 Å². The van der Waals surface area contributed by atoms with Crippen LogP contribution in [0.3, 0.4) is 0 Å². The number of aromatic nitrogens is 3. The zero-order valence-electron chi connectivity index (χ0n) is 13.9. The first-order valence-electron chi connectivity index (χ1n) is 8.17. The Balaban J connectivity index is 1.41. The number of hydrogen-bond donors (Lipinski definition) is 0. The Morgan fingerprint density at radius 2 is 2.16 bits per heavy atom. The SMILES string of the molecule is CN(CC1Cc2ccccc2O1)C(=O)c1ccc(-n2cccn2)nc1. The average molecular weight is 334 g/mol. The second-order valence-corrected chi connectivity index (χ2v) is 6.09. The number of nitrogens with zero attached hydrogens (tertiary/aromatic N) is 4. The molecule has 1 amide bonds. The standard InChI is InChI=1S/C19H18N4O2/c1-22(13-16-11-14-5-2-3-6-17(14)25-16)19(24)15-7-8-18(20-12-15)23-10-4-9-21-23/h2-10,12,16H,11,13H2,1H3. The van der Waals surface area contributed by atoms with Crippen LogP contribution in [0.4, 0.5) is 0 Å². The first-order valence-corrected chi connectivity index (χ1v) is 8.17. The Morgan fingerprint density at radius 3 is 2.88 bits per heavy atom. The predicted octanol–water partition coefficient (Wildman–Crippen LogP) is 2.34. The maximum atomic E-state index is 12.6. The average Bonchev–Trinajstić information content (AvgIpc) is 3.30. The number of hydrogen-bond acceptors (Lipinski definition) is 4. The summed E-state index contributed by atoms with van der Waals surface area (Å²) in [5.41, 5.74) is 1.74. The van der Waals surface area contributed by atoms with Crippen molar-refractivity contribution in [3.63, 3.8) is 0 Å². The molecule has 2 aromatic heterocycles. The topological polar surface area (TPSA) is 60.2 Å². The van der Waals surface area contributed by atoms with Gasteiger partial charge in [0.05, 0.1) is 12.1 Å². The Morgan fingerprint density at radius 1 is 1.28 bits per heavy atom. The van der Waals surface area contributed by atoms with Crippen molar-refractivity contribution in [3.05, 3.63) is 72.2 Å². The molecule has 1 aliphatic rings. The van der Waals surface area contributed by atoms with Gasteiger partial charge in [-0.25, -0.2) is 9.67 Å². The predicted molar refractivity (Wildman–Crippen MR) is 92.9 cm³/mol. The van der Waals surface area contributed by atoms with E-state index in [2.05, 4.69) is 16.1 Å². The van der Waals surface area contributed by atoms with Gasteiger partial charge in [-0.2, -0.15) is 5.10 Å². The van der Waals surface area contributed by atoms with Gasteiger partial charge in [0.2, 0.25) is 0 Å². The van der Waals surface area contributed by atoms with Crippen LogP contribution >= 0.6 is 0 Å². The van der Waals surface area contributed by atoms with Crippen LogP contribution in [0.25, 0.3) is 5.82 Å². The van der Waals surface area contributed by atoms with Gasteiger partial charge in [-0.1, -0.05) is 18.2 Å². The molecule has 0 saturated heterocycles. The van der Waals surface area contributed by atoms with Crippen molar-refractivity contribution < 1.29 is 9.53 Å². The summed E-state index contributed by atoms with van der Waals surface area (Å²) in [5.74, 6) is 1.52. The Kier molecular flexibility index (Phi) is 3.93. The number of likely N-dealkylation sites (N-methyl/N-ethyl adjacent to an activating group) is 1. The van der Waals surface area contributed by atoms with Crippen LogP contribution in [0.5, 0.6) is 5.75 Å². The highest BCUT2D eigenvalue weighted by Crippen LogP contribution is 2.28. The zero-order chi connectivity index (χ0) is 17.2. The van der Waals surface area contributed by atoms with Crippen molar-refractivity contribution >= 4 is 5.91 Å². The monoisotopic (exact) mass is 334 g/mol. The number of carbonyl (C=O) groups is 1. The summed E-state index contributed by atoms with van der Waals surface area (Å²) >= 11 is 0. The smallest absolute Gasteiger partial charge is 0.255 e. The highest BCUT2D eigenvalue weighted by atomic mass is 16.5. The molecule has 6 nitrogen and oxygen atoms in total. The van der Waals surface area contributed by atoms with Gasteiger partial charge in [-0.15, -0.1) is 0 Å². The molecule has 0 aliphatic carbocycles. The van der Waals surface area contributed by atoms with Crippen LogP contribution in [0.2, 0.25) is 0 Å². The van der Waals surface area contributed by atoms with E-state index in [1.54, 1.807) is 41.2 Å². The van der Waals surface area contributed by atoms with Crippen molar-refractivity contribution in [2.75, 3.05) is 13.6 Å². The third-order valence-corrected chi connectivity index (χ3v) is 4.27. The van der Waals surface area contributed by atoms with E-state index in [1.807, 2.05) is 30.5 Å². The van der Waals surface area contributed by atoms with E-state index in [9.17, 15) is 4.79 Å². The van der Waals surface area contributed by atoms with E-state index >= 15 is 0 Å². The van der Waals surface area contributed by atoms with Gasteiger partial charge in [0.1, 0.15) is 11.9 Å². The minimum atomic E-state index is -0.0703. The van der Waals surface area contributed by atoms with Crippen LogP contribution in [0.15, 0.2) is 61.1 Å². The molecule has 0 fully saturated rings. The molecule has 0 bridgehead atoms. The van der Waals surface area contributed by atoms with Crippen molar-refractivity contribution in [3.8, 4) is 11.6 Å². The number of carbonyl (C=O) groups excluding carboxylic acids is 1. The summed E-state index contributed by atoms with van der Waals surface area (Å²) in [4.78, 5) is 18.6. The minimum Gasteiger partial charge on any atom is -0.488 e. The Hall–Kier alpha value is -3.15. The van der Waals surface area contributed by atoms with E-state index in [1.165, 1.54) is 5.56 Å². The molecule has 6 heteroatoms. The lowest BCUT2D eigenvalue weighted by atomic mass is 10.1. The van der Waals surface area contributed by atoms with Crippen molar-refractivity contribution in [2.45, 2.75) is 12.5 Å². The van der Waals surface area contributed by atoms with Crippen LogP contribution < -0.4 is 4.74 Å². The number of ether oxygens (including phenoxy) is 1. The molecular formula is C19H18N4O2. The van der Waals surface area contributed by atoms with E-state index in [4.69, 9.17) is 4.74 Å². The molecule has 4 rings (SSSR count). The molecule has 0 spiro atoms. The lowest BCUT2D eigenvalue weighted by Gasteiger charge is -2.21. The molecule has 1 aromatic carbocycles. The molecule has 1 unspecified atom stereocenters. The number of fused-ring (bicyclic) bond motifs is 1. The lowest BCUT2D eigenvalue weighted by Crippen LogP contribution is -2.36. The molecule has 25 heavy (non-hydrogen) atoms. The second kappa shape index (κ2) is 6.39.